The van der Waals surface area contributed by atoms with E-state index < -0.39 is 162 Å². The molecular formula is C114H136N2O23S2Si. The van der Waals surface area contributed by atoms with Crippen molar-refractivity contribution >= 4 is 28.4 Å². The van der Waals surface area contributed by atoms with Crippen LogP contribution < -0.4 is 9.44 Å². The molecule has 11 aromatic carbocycles. The summed E-state index contributed by atoms with van der Waals surface area (Å²) in [7, 11) is -12.1. The minimum Gasteiger partial charge on any atom is -0.391 e. The standard InChI is InChI=1S/C114H136N2O23S2Si/c1-9-93-105(108(129-74-89-57-35-17-36-58-89)102(112(133-93)139-142(7,8)114(4,5)6)116-141(119,120)92-63-41-20-42-64-92)137-111-101(115-140(117,118)91-61-39-19-40-62-91)107(128-73-88-55-33-16-34-56-88)106(97(134-111)78-123-69-84-47-25-12-26-48-84)138-113-110(130-75-90-59-37-18-38-60-90)109(136-100-66-94(124-70-85-49-27-13-28-50-85)81(3)95(131-100)76-121-67-82-43-21-10-22-44-82)104(127-72-87-53-31-15-32-54-87)98(135-113)79-125-99-65-80(2)103(126-71-86-51-29-14-30-52-86)96(132-99)77-122-68-83-45-23-11-24-46-83/h10-64,80-81,93-113,115-116H,9,65-79H2,1-8H3/t80-,81+,93?,94?,95+,96?,97?,98?,99+,100-,101?,102?,103+,104-,105-,106-,107+,108-,109+,110?,111+,112-,113+/m1/s1. The summed E-state index contributed by atoms with van der Waals surface area (Å²) >= 11 is 0. The van der Waals surface area contributed by atoms with Crippen LogP contribution >= 0.6 is 0 Å². The highest BCUT2D eigenvalue weighted by atomic mass is 32.2. The highest BCUT2D eigenvalue weighted by molar-refractivity contribution is 7.89. The molecule has 756 valence electrons. The second-order valence-corrected chi connectivity index (χ2v) is 46.8. The molecule has 5 heterocycles. The average Bonchev–Trinajstić information content (AvgIpc) is 0.748. The van der Waals surface area contributed by atoms with Crippen LogP contribution in [0.2, 0.25) is 18.1 Å². The first-order valence-corrected chi connectivity index (χ1v) is 55.4. The van der Waals surface area contributed by atoms with Crippen molar-refractivity contribution in [2.24, 2.45) is 11.8 Å². The Balaban J connectivity index is 0.850. The largest absolute Gasteiger partial charge is 0.391 e. The molecule has 23 atom stereocenters. The predicted octanol–water partition coefficient (Wildman–Crippen LogP) is 19.1. The van der Waals surface area contributed by atoms with Crippen LogP contribution in [0.5, 0.6) is 0 Å². The van der Waals surface area contributed by atoms with Crippen LogP contribution in [0.25, 0.3) is 0 Å². The highest BCUT2D eigenvalue weighted by Gasteiger charge is 2.60. The maximum absolute atomic E-state index is 16.2. The Kier molecular flexibility index (Phi) is 38.4. The van der Waals surface area contributed by atoms with E-state index in [1.807, 2.05) is 280 Å². The second-order valence-electron chi connectivity index (χ2n) is 38.6. The summed E-state index contributed by atoms with van der Waals surface area (Å²) in [6, 6.07) is 101. The second kappa shape index (κ2) is 51.7. The van der Waals surface area contributed by atoms with Gasteiger partial charge in [-0.05, 0) is 105 Å². The van der Waals surface area contributed by atoms with Gasteiger partial charge in [0, 0.05) is 18.8 Å². The zero-order chi connectivity index (χ0) is 98.7. The molecule has 5 aliphatic rings. The van der Waals surface area contributed by atoms with Gasteiger partial charge in [-0.15, -0.1) is 0 Å². The summed E-state index contributed by atoms with van der Waals surface area (Å²) in [6.07, 6.45) is -20.9. The van der Waals surface area contributed by atoms with Crippen LogP contribution in [-0.4, -0.2) is 181 Å². The van der Waals surface area contributed by atoms with Crippen molar-refractivity contribution in [2.45, 2.75) is 277 Å². The summed E-state index contributed by atoms with van der Waals surface area (Å²) in [6.45, 7) is 17.4. The van der Waals surface area contributed by atoms with E-state index in [4.69, 9.17) is 89.7 Å². The maximum atomic E-state index is 16.2. The molecule has 28 heteroatoms. The topological polar surface area (TPSA) is 268 Å². The van der Waals surface area contributed by atoms with Crippen molar-refractivity contribution < 1.29 is 107 Å². The van der Waals surface area contributed by atoms with Crippen LogP contribution in [0.15, 0.2) is 343 Å². The molecule has 5 saturated heterocycles. The zero-order valence-corrected chi connectivity index (χ0v) is 84.7. The van der Waals surface area contributed by atoms with E-state index in [2.05, 4.69) is 57.2 Å². The van der Waals surface area contributed by atoms with Gasteiger partial charge in [0.25, 0.3) is 0 Å². The number of ether oxygens (including phenoxy) is 18. The fourth-order valence-corrected chi connectivity index (χ4v) is 22.0. The molecule has 0 bridgehead atoms. The van der Waals surface area contributed by atoms with Gasteiger partial charge in [0.2, 0.25) is 20.0 Å². The third kappa shape index (κ3) is 29.3. The van der Waals surface area contributed by atoms with Gasteiger partial charge >= 0.3 is 0 Å². The number of sulfonamides is 2. The quantitative estimate of drug-likeness (QED) is 0.0336. The van der Waals surface area contributed by atoms with Crippen LogP contribution in [0, 0.1) is 11.8 Å². The molecule has 0 aliphatic carbocycles. The molecule has 25 nitrogen and oxygen atoms in total. The van der Waals surface area contributed by atoms with Crippen LogP contribution in [0.3, 0.4) is 0 Å². The minimum atomic E-state index is -4.72. The number of hydrogen-bond acceptors (Lipinski definition) is 23. The normalized spacial score (nSPS) is 27.3. The lowest BCUT2D eigenvalue weighted by Gasteiger charge is -2.53. The Hall–Kier alpha value is -9.30. The Morgan fingerprint density at radius 2 is 0.613 bits per heavy atom. The van der Waals surface area contributed by atoms with Crippen molar-refractivity contribution in [3.8, 4) is 0 Å². The van der Waals surface area contributed by atoms with E-state index in [9.17, 15) is 0 Å². The van der Waals surface area contributed by atoms with Crippen molar-refractivity contribution in [2.75, 3.05) is 26.4 Å². The van der Waals surface area contributed by atoms with Gasteiger partial charge in [0.05, 0.1) is 120 Å². The predicted molar refractivity (Wildman–Crippen MR) is 540 cm³/mol. The van der Waals surface area contributed by atoms with Gasteiger partial charge in [0.1, 0.15) is 73.1 Å². The van der Waals surface area contributed by atoms with E-state index >= 15 is 16.8 Å². The van der Waals surface area contributed by atoms with Crippen molar-refractivity contribution in [3.05, 3.63) is 384 Å². The van der Waals surface area contributed by atoms with Gasteiger partial charge in [-0.2, -0.15) is 0 Å². The Morgan fingerprint density at radius 1 is 0.303 bits per heavy atom. The molecule has 0 radical (unpaired) electrons. The van der Waals surface area contributed by atoms with Gasteiger partial charge in [-0.25, -0.2) is 26.3 Å². The van der Waals surface area contributed by atoms with Crippen molar-refractivity contribution in [3.63, 3.8) is 0 Å². The third-order valence-corrected chi connectivity index (χ3v) is 34.6. The number of hydrogen-bond donors (Lipinski definition) is 2. The molecule has 11 aromatic rings. The van der Waals surface area contributed by atoms with Gasteiger partial charge in [-0.3, -0.25) is 0 Å². The fourth-order valence-electron chi connectivity index (χ4n) is 18.3. The molecule has 142 heavy (non-hydrogen) atoms. The molecule has 0 aromatic heterocycles. The lowest BCUT2D eigenvalue weighted by atomic mass is 9.92. The van der Waals surface area contributed by atoms with Crippen molar-refractivity contribution in [1.82, 2.24) is 9.44 Å². The number of benzene rings is 11. The number of nitrogens with one attached hydrogen (secondary N) is 2. The summed E-state index contributed by atoms with van der Waals surface area (Å²) in [5.41, 5.74) is 7.83. The lowest BCUT2D eigenvalue weighted by Crippen LogP contribution is -2.71. The Bertz CT molecular complexity index is 5750. The molecule has 0 spiro atoms. The van der Waals surface area contributed by atoms with E-state index in [-0.39, 0.29) is 101 Å². The highest BCUT2D eigenvalue weighted by Crippen LogP contribution is 2.45. The molecule has 5 aliphatic heterocycles. The minimum absolute atomic E-state index is 0.0294. The van der Waals surface area contributed by atoms with E-state index in [1.54, 1.807) is 36.4 Å². The Morgan fingerprint density at radius 3 is 1.01 bits per heavy atom. The van der Waals surface area contributed by atoms with Gasteiger partial charge in [0.15, 0.2) is 39.8 Å². The smallest absolute Gasteiger partial charge is 0.241 e. The van der Waals surface area contributed by atoms with E-state index in [0.717, 1.165) is 44.5 Å². The van der Waals surface area contributed by atoms with Crippen LogP contribution in [-0.2, 0) is 169 Å². The summed E-state index contributed by atoms with van der Waals surface area (Å²) < 4.78 is 210. The first-order valence-electron chi connectivity index (χ1n) is 49.5. The average molecular weight is 1990 g/mol. The van der Waals surface area contributed by atoms with Crippen LogP contribution in [0.1, 0.15) is 111 Å². The summed E-state index contributed by atoms with van der Waals surface area (Å²) in [5.74, 6) is -0.395. The summed E-state index contributed by atoms with van der Waals surface area (Å²) in [4.78, 5) is -0.138. The Labute approximate surface area is 838 Å². The zero-order valence-electron chi connectivity index (χ0n) is 82.1. The first-order chi connectivity index (χ1) is 69.0. The molecule has 0 saturated carbocycles. The third-order valence-electron chi connectivity index (χ3n) is 27.2. The molecule has 8 unspecified atom stereocenters. The first kappa shape index (κ1) is 106. The summed E-state index contributed by atoms with van der Waals surface area (Å²) in [5, 5.41) is -0.418. The van der Waals surface area contributed by atoms with Crippen LogP contribution in [0.4, 0.5) is 0 Å². The van der Waals surface area contributed by atoms with Gasteiger partial charge in [-0.1, -0.05) is 351 Å². The van der Waals surface area contributed by atoms with Gasteiger partial charge < -0.3 is 89.7 Å². The number of rotatable bonds is 48. The SMILES string of the molecule is CCC1O[C@H](O[Si](C)(C)C(C)(C)C)C(NS(=O)(=O)c2ccccc2)[C@@H](OCc2ccccc2)[C@@H]1O[C@@H]1OC(COCc2ccccc2)[C@@H](O[C@@H]2OC(CO[C@@H]3C[C@@H](C)[C@H](OCc4ccccc4)C(COCc4ccccc4)O3)[C@@H](OCc3ccccc3)[C@H](O[C@@H]3CC(OCc4ccccc4)[C@H](C)[C@H](COCc4ccccc4)O3)C2OCc2ccccc2)[C@@H](OCc2ccccc2)C1NS(=O)(=O)c1ccccc1. The van der Waals surface area contributed by atoms with E-state index in [1.165, 1.54) is 24.3 Å². The molecule has 16 rings (SSSR count). The molecular weight excluding hydrogens is 1860 g/mol. The van der Waals surface area contributed by atoms with E-state index in [0.29, 0.717) is 31.8 Å². The monoisotopic (exact) mass is 1990 g/mol. The fraction of sp³-hybridized carbons (Fsp3) is 0.421. The molecule has 5 fully saturated rings. The molecule has 2 N–H and O–H groups in total. The van der Waals surface area contributed by atoms with Crippen molar-refractivity contribution in [1.29, 1.82) is 0 Å². The molecule has 0 amide bonds. The lowest BCUT2D eigenvalue weighted by molar-refractivity contribution is -0.385. The maximum Gasteiger partial charge on any atom is 0.241 e.